The fourth-order valence-corrected chi connectivity index (χ4v) is 3.11. The Morgan fingerprint density at radius 2 is 2.04 bits per heavy atom. The van der Waals surface area contributed by atoms with Gasteiger partial charge in [-0.05, 0) is 71.0 Å². The predicted octanol–water partition coefficient (Wildman–Crippen LogP) is 5.23. The molecule has 0 N–H and O–H groups in total. The highest BCUT2D eigenvalue weighted by Crippen LogP contribution is 2.35. The molecule has 0 aliphatic rings. The number of hydrogen-bond acceptors (Lipinski definition) is 5. The number of halogens is 1. The molecule has 0 aliphatic heterocycles. The predicted molar refractivity (Wildman–Crippen MR) is 113 cm³/mol. The molecule has 6 nitrogen and oxygen atoms in total. The second-order valence-electron chi connectivity index (χ2n) is 5.34. The highest BCUT2D eigenvalue weighted by Gasteiger charge is 2.13. The van der Waals surface area contributed by atoms with Gasteiger partial charge in [-0.2, -0.15) is 5.26 Å². The average Bonchev–Trinajstić information content (AvgIpc) is 2.66. The van der Waals surface area contributed by atoms with Crippen LogP contribution in [0.2, 0.25) is 0 Å². The summed E-state index contributed by atoms with van der Waals surface area (Å²) in [5, 5.41) is 20.3. The van der Waals surface area contributed by atoms with Crippen molar-refractivity contribution in [3.63, 3.8) is 0 Å². The van der Waals surface area contributed by atoms with Crippen LogP contribution >= 0.6 is 22.6 Å². The van der Waals surface area contributed by atoms with Gasteiger partial charge in [0.2, 0.25) is 0 Å². The van der Waals surface area contributed by atoms with Crippen LogP contribution in [0.15, 0.2) is 49.1 Å². The van der Waals surface area contributed by atoms with Gasteiger partial charge in [0, 0.05) is 12.1 Å². The van der Waals surface area contributed by atoms with Crippen molar-refractivity contribution < 1.29 is 14.4 Å². The lowest BCUT2D eigenvalue weighted by molar-refractivity contribution is -0.384. The van der Waals surface area contributed by atoms with Crippen LogP contribution in [0.25, 0.3) is 11.6 Å². The fourth-order valence-electron chi connectivity index (χ4n) is 2.33. The van der Waals surface area contributed by atoms with Crippen molar-refractivity contribution in [1.29, 1.82) is 5.26 Å². The largest absolute Gasteiger partial charge is 0.490 e. The van der Waals surface area contributed by atoms with Gasteiger partial charge in [-0.1, -0.05) is 12.7 Å². The molecule has 27 heavy (non-hydrogen) atoms. The van der Waals surface area contributed by atoms with E-state index in [0.29, 0.717) is 35.8 Å². The van der Waals surface area contributed by atoms with Crippen molar-refractivity contribution in [2.75, 3.05) is 13.2 Å². The molecule has 0 spiro atoms. The molecule has 2 aromatic rings. The number of allylic oxidation sites excluding steroid dienone is 1. The second kappa shape index (κ2) is 9.73. The average molecular weight is 476 g/mol. The lowest BCUT2D eigenvalue weighted by atomic mass is 10.0. The lowest BCUT2D eigenvalue weighted by Crippen LogP contribution is -2.01. The normalized spacial score (nSPS) is 10.8. The number of rotatable bonds is 8. The third kappa shape index (κ3) is 5.31. The summed E-state index contributed by atoms with van der Waals surface area (Å²) in [7, 11) is 0. The van der Waals surface area contributed by atoms with Gasteiger partial charge in [0.1, 0.15) is 6.61 Å². The van der Waals surface area contributed by atoms with Crippen LogP contribution in [0, 0.1) is 25.0 Å². The molecule has 0 amide bonds. The first-order valence-electron chi connectivity index (χ1n) is 8.06. The van der Waals surface area contributed by atoms with E-state index in [0.717, 1.165) is 9.13 Å². The van der Waals surface area contributed by atoms with Crippen molar-refractivity contribution >= 4 is 39.9 Å². The first-order valence-corrected chi connectivity index (χ1v) is 9.14. The number of hydrogen-bond donors (Lipinski definition) is 0. The summed E-state index contributed by atoms with van der Waals surface area (Å²) in [4.78, 5) is 10.3. The van der Waals surface area contributed by atoms with Gasteiger partial charge in [-0.25, -0.2) is 0 Å². The quantitative estimate of drug-likeness (QED) is 0.130. The molecule has 0 saturated carbocycles. The standard InChI is InChI=1S/C20H17IN2O4/c1-3-9-27-20-18(21)11-14(12-19(20)26-4-2)10-16(13-22)15-5-7-17(8-6-15)23(24)25/h3,5-8,10-12H,1,4,9H2,2H3/b16-10-. The molecule has 138 valence electrons. The molecule has 7 heteroatoms. The molecular weight excluding hydrogens is 459 g/mol. The molecule has 0 fully saturated rings. The van der Waals surface area contributed by atoms with Gasteiger partial charge in [0.15, 0.2) is 11.5 Å². The molecule has 0 radical (unpaired) electrons. The molecule has 0 aliphatic carbocycles. The zero-order chi connectivity index (χ0) is 19.8. The Kier molecular flexibility index (Phi) is 7.37. The Morgan fingerprint density at radius 1 is 1.33 bits per heavy atom. The number of nitriles is 1. The van der Waals surface area contributed by atoms with E-state index in [1.54, 1.807) is 30.4 Å². The van der Waals surface area contributed by atoms with Crippen LogP contribution in [0.3, 0.4) is 0 Å². The van der Waals surface area contributed by atoms with E-state index in [2.05, 4.69) is 35.2 Å². The Morgan fingerprint density at radius 3 is 2.59 bits per heavy atom. The van der Waals surface area contributed by atoms with Crippen LogP contribution in [-0.4, -0.2) is 18.1 Å². The molecule has 0 unspecified atom stereocenters. The van der Waals surface area contributed by atoms with Crippen molar-refractivity contribution in [3.05, 3.63) is 73.9 Å². The Labute approximate surface area is 171 Å². The number of benzene rings is 2. The van der Waals surface area contributed by atoms with E-state index < -0.39 is 4.92 Å². The van der Waals surface area contributed by atoms with Crippen molar-refractivity contribution in [2.24, 2.45) is 0 Å². The number of nitro groups is 1. The van der Waals surface area contributed by atoms with E-state index in [9.17, 15) is 15.4 Å². The number of nitro benzene ring substituents is 1. The monoisotopic (exact) mass is 476 g/mol. The molecule has 0 bridgehead atoms. The number of non-ortho nitro benzene ring substituents is 1. The summed E-state index contributed by atoms with van der Waals surface area (Å²) in [5.74, 6) is 1.21. The minimum atomic E-state index is -0.474. The Hall–Kier alpha value is -2.86. The van der Waals surface area contributed by atoms with Crippen LogP contribution < -0.4 is 9.47 Å². The minimum absolute atomic E-state index is 0.0204. The first kappa shape index (κ1) is 20.5. The van der Waals surface area contributed by atoms with Gasteiger partial charge in [-0.15, -0.1) is 0 Å². The molecule has 0 atom stereocenters. The number of ether oxygens (including phenoxy) is 2. The maximum absolute atomic E-state index is 10.8. The second-order valence-corrected chi connectivity index (χ2v) is 6.50. The summed E-state index contributed by atoms with van der Waals surface area (Å²) in [6.07, 6.45) is 3.37. The molecule has 0 heterocycles. The maximum atomic E-state index is 10.8. The highest BCUT2D eigenvalue weighted by molar-refractivity contribution is 14.1. The van der Waals surface area contributed by atoms with Crippen molar-refractivity contribution in [2.45, 2.75) is 6.92 Å². The minimum Gasteiger partial charge on any atom is -0.490 e. The summed E-state index contributed by atoms with van der Waals surface area (Å²) in [6.45, 7) is 6.35. The number of nitrogens with zero attached hydrogens (tertiary/aromatic N) is 2. The SMILES string of the molecule is C=CCOc1c(I)cc(/C=C(/C#N)c2ccc([N+](=O)[O-])cc2)cc1OCC. The summed E-state index contributed by atoms with van der Waals surface area (Å²) in [5.41, 5.74) is 1.74. The van der Waals surface area contributed by atoms with Gasteiger partial charge in [0.05, 0.1) is 26.7 Å². The topological polar surface area (TPSA) is 85.4 Å². The van der Waals surface area contributed by atoms with Crippen LogP contribution in [0.4, 0.5) is 5.69 Å². The maximum Gasteiger partial charge on any atom is 0.269 e. The molecule has 0 saturated heterocycles. The Bertz CT molecular complexity index is 915. The molecule has 0 aromatic heterocycles. The van der Waals surface area contributed by atoms with Crippen LogP contribution in [0.1, 0.15) is 18.1 Å². The van der Waals surface area contributed by atoms with Crippen LogP contribution in [-0.2, 0) is 0 Å². The van der Waals surface area contributed by atoms with Gasteiger partial charge < -0.3 is 9.47 Å². The highest BCUT2D eigenvalue weighted by atomic mass is 127. The van der Waals surface area contributed by atoms with E-state index in [1.165, 1.54) is 12.1 Å². The zero-order valence-corrected chi connectivity index (χ0v) is 16.8. The van der Waals surface area contributed by atoms with Crippen molar-refractivity contribution in [3.8, 4) is 17.6 Å². The molecule has 2 aromatic carbocycles. The molecular formula is C20H17IN2O4. The van der Waals surface area contributed by atoms with E-state index in [-0.39, 0.29) is 5.69 Å². The smallest absolute Gasteiger partial charge is 0.269 e. The van der Waals surface area contributed by atoms with Crippen LogP contribution in [0.5, 0.6) is 11.5 Å². The lowest BCUT2D eigenvalue weighted by Gasteiger charge is -2.14. The third-order valence-corrected chi connectivity index (χ3v) is 4.30. The summed E-state index contributed by atoms with van der Waals surface area (Å²) >= 11 is 2.15. The zero-order valence-electron chi connectivity index (χ0n) is 14.6. The van der Waals surface area contributed by atoms with Crippen molar-refractivity contribution in [1.82, 2.24) is 0 Å². The van der Waals surface area contributed by atoms with E-state index >= 15 is 0 Å². The first-order chi connectivity index (χ1) is 13.0. The van der Waals surface area contributed by atoms with E-state index in [1.807, 2.05) is 13.0 Å². The Balaban J connectivity index is 2.44. The third-order valence-electron chi connectivity index (χ3n) is 3.50. The van der Waals surface area contributed by atoms with E-state index in [4.69, 9.17) is 9.47 Å². The fraction of sp³-hybridized carbons (Fsp3) is 0.150. The summed E-state index contributed by atoms with van der Waals surface area (Å²) in [6, 6.07) is 11.7. The van der Waals surface area contributed by atoms with Gasteiger partial charge in [-0.3, -0.25) is 10.1 Å². The van der Waals surface area contributed by atoms with Gasteiger partial charge >= 0.3 is 0 Å². The summed E-state index contributed by atoms with van der Waals surface area (Å²) < 4.78 is 12.2. The van der Waals surface area contributed by atoms with Gasteiger partial charge in [0.25, 0.3) is 5.69 Å². The molecule has 2 rings (SSSR count).